The lowest BCUT2D eigenvalue weighted by atomic mass is 9.84. The molecule has 4 nitrogen and oxygen atoms in total. The summed E-state index contributed by atoms with van der Waals surface area (Å²) in [7, 11) is 0. The van der Waals surface area contributed by atoms with Gasteiger partial charge in [-0.15, -0.1) is 0 Å². The quantitative estimate of drug-likeness (QED) is 0.687. The van der Waals surface area contributed by atoms with Gasteiger partial charge in [0.05, 0.1) is 12.5 Å². The number of nitrogens with two attached hydrogens (primary N) is 1. The summed E-state index contributed by atoms with van der Waals surface area (Å²) < 4.78 is 5.66. The molecule has 1 amide bonds. The molecule has 1 aliphatic rings. The van der Waals surface area contributed by atoms with Gasteiger partial charge in [0, 0.05) is 24.4 Å². The van der Waals surface area contributed by atoms with Crippen molar-refractivity contribution >= 4 is 17.7 Å². The Bertz CT molecular complexity index is 239. The Morgan fingerprint density at radius 1 is 1.59 bits per heavy atom. The van der Waals surface area contributed by atoms with Gasteiger partial charge in [0.15, 0.2) is 0 Å². The summed E-state index contributed by atoms with van der Waals surface area (Å²) >= 11 is 1.87. The van der Waals surface area contributed by atoms with Gasteiger partial charge in [0.25, 0.3) is 0 Å². The molecular formula is C12H24N2O2S. The molecule has 1 unspecified atom stereocenters. The summed E-state index contributed by atoms with van der Waals surface area (Å²) in [5.74, 6) is 0.0502. The fourth-order valence-corrected chi connectivity index (χ4v) is 2.92. The van der Waals surface area contributed by atoms with Crippen LogP contribution in [0.15, 0.2) is 0 Å². The zero-order valence-electron chi connectivity index (χ0n) is 10.8. The van der Waals surface area contributed by atoms with Crippen molar-refractivity contribution in [2.75, 3.05) is 26.0 Å². The Hall–Kier alpha value is -0.260. The van der Waals surface area contributed by atoms with Crippen molar-refractivity contribution < 1.29 is 9.53 Å². The van der Waals surface area contributed by atoms with Crippen molar-refractivity contribution in [3.05, 3.63) is 0 Å². The molecule has 1 atom stereocenters. The second kappa shape index (κ2) is 7.24. The van der Waals surface area contributed by atoms with Crippen LogP contribution in [-0.4, -0.2) is 42.7 Å². The SMILES string of the molecule is CCOC(CN)CC(=O)NCC1(SC)CCC1. The Labute approximate surface area is 108 Å². The van der Waals surface area contributed by atoms with E-state index < -0.39 is 0 Å². The number of carbonyl (C=O) groups excluding carboxylic acids is 1. The summed E-state index contributed by atoms with van der Waals surface area (Å²) in [4.78, 5) is 11.7. The third-order valence-electron chi connectivity index (χ3n) is 3.38. The van der Waals surface area contributed by atoms with Gasteiger partial charge in [0.2, 0.25) is 5.91 Å². The maximum Gasteiger partial charge on any atom is 0.222 e. The van der Waals surface area contributed by atoms with E-state index in [4.69, 9.17) is 10.5 Å². The van der Waals surface area contributed by atoms with Crippen molar-refractivity contribution in [1.29, 1.82) is 0 Å². The molecule has 1 rings (SSSR count). The molecule has 1 saturated carbocycles. The van der Waals surface area contributed by atoms with Gasteiger partial charge >= 0.3 is 0 Å². The number of nitrogens with one attached hydrogen (secondary N) is 1. The first-order chi connectivity index (χ1) is 8.15. The van der Waals surface area contributed by atoms with Gasteiger partial charge in [0.1, 0.15) is 0 Å². The molecule has 0 bridgehead atoms. The standard InChI is InChI=1S/C12H24N2O2S/c1-3-16-10(8-13)7-11(15)14-9-12(17-2)5-4-6-12/h10H,3-9,13H2,1-2H3,(H,14,15). The van der Waals surface area contributed by atoms with E-state index in [0.717, 1.165) is 6.54 Å². The van der Waals surface area contributed by atoms with E-state index in [9.17, 15) is 4.79 Å². The molecule has 0 heterocycles. The maximum atomic E-state index is 11.7. The first-order valence-corrected chi connectivity index (χ1v) is 7.52. The number of amides is 1. The average Bonchev–Trinajstić information content (AvgIpc) is 2.27. The van der Waals surface area contributed by atoms with E-state index in [1.165, 1.54) is 19.3 Å². The molecule has 0 saturated heterocycles. The molecule has 0 aromatic rings. The van der Waals surface area contributed by atoms with E-state index in [-0.39, 0.29) is 12.0 Å². The fourth-order valence-electron chi connectivity index (χ4n) is 2.01. The van der Waals surface area contributed by atoms with Crippen LogP contribution in [0.5, 0.6) is 0 Å². The zero-order valence-corrected chi connectivity index (χ0v) is 11.6. The highest BCUT2D eigenvalue weighted by Gasteiger charge is 2.36. The second-order valence-corrected chi connectivity index (χ2v) is 5.81. The molecule has 1 aliphatic carbocycles. The fraction of sp³-hybridized carbons (Fsp3) is 0.917. The molecule has 0 aromatic heterocycles. The Kier molecular flexibility index (Phi) is 6.30. The third-order valence-corrected chi connectivity index (χ3v) is 4.80. The van der Waals surface area contributed by atoms with Crippen molar-refractivity contribution in [2.24, 2.45) is 5.73 Å². The molecule has 0 radical (unpaired) electrons. The van der Waals surface area contributed by atoms with Gasteiger partial charge in [-0.05, 0) is 26.0 Å². The zero-order chi connectivity index (χ0) is 12.7. The molecule has 0 aliphatic heterocycles. The summed E-state index contributed by atoms with van der Waals surface area (Å²) in [6.45, 7) is 3.69. The van der Waals surface area contributed by atoms with Crippen molar-refractivity contribution in [3.63, 3.8) is 0 Å². The lowest BCUT2D eigenvalue weighted by Gasteiger charge is -2.40. The molecule has 17 heavy (non-hydrogen) atoms. The largest absolute Gasteiger partial charge is 0.377 e. The minimum atomic E-state index is -0.147. The Morgan fingerprint density at radius 3 is 2.71 bits per heavy atom. The number of hydrogen-bond acceptors (Lipinski definition) is 4. The van der Waals surface area contributed by atoms with Crippen LogP contribution in [0.25, 0.3) is 0 Å². The number of ether oxygens (including phenoxy) is 1. The number of hydrogen-bond donors (Lipinski definition) is 2. The van der Waals surface area contributed by atoms with E-state index in [1.54, 1.807) is 0 Å². The van der Waals surface area contributed by atoms with Crippen LogP contribution in [0.1, 0.15) is 32.6 Å². The number of carbonyl (C=O) groups is 1. The van der Waals surface area contributed by atoms with Crippen LogP contribution in [-0.2, 0) is 9.53 Å². The van der Waals surface area contributed by atoms with E-state index >= 15 is 0 Å². The molecular weight excluding hydrogens is 236 g/mol. The van der Waals surface area contributed by atoms with Crippen LogP contribution >= 0.6 is 11.8 Å². The number of thioether (sulfide) groups is 1. The number of rotatable bonds is 8. The summed E-state index contributed by atoms with van der Waals surface area (Å²) in [6.07, 6.45) is 6.04. The van der Waals surface area contributed by atoms with Crippen LogP contribution in [0.2, 0.25) is 0 Å². The smallest absolute Gasteiger partial charge is 0.222 e. The first kappa shape index (κ1) is 14.8. The van der Waals surface area contributed by atoms with E-state index in [1.807, 2.05) is 18.7 Å². The minimum Gasteiger partial charge on any atom is -0.377 e. The highest BCUT2D eigenvalue weighted by Crippen LogP contribution is 2.42. The summed E-state index contributed by atoms with van der Waals surface area (Å²) in [6, 6.07) is 0. The molecule has 3 N–H and O–H groups in total. The molecule has 0 spiro atoms. The van der Waals surface area contributed by atoms with Gasteiger partial charge in [-0.2, -0.15) is 11.8 Å². The highest BCUT2D eigenvalue weighted by molar-refractivity contribution is 8.00. The van der Waals surface area contributed by atoms with Crippen molar-refractivity contribution in [1.82, 2.24) is 5.32 Å². The Balaban J connectivity index is 2.24. The highest BCUT2D eigenvalue weighted by atomic mass is 32.2. The first-order valence-electron chi connectivity index (χ1n) is 6.29. The Morgan fingerprint density at radius 2 is 2.29 bits per heavy atom. The lowest BCUT2D eigenvalue weighted by Crippen LogP contribution is -2.46. The molecule has 0 aromatic carbocycles. The summed E-state index contributed by atoms with van der Waals surface area (Å²) in [5.41, 5.74) is 5.54. The molecule has 100 valence electrons. The topological polar surface area (TPSA) is 64.3 Å². The van der Waals surface area contributed by atoms with Gasteiger partial charge in [-0.3, -0.25) is 4.79 Å². The lowest BCUT2D eigenvalue weighted by molar-refractivity contribution is -0.123. The van der Waals surface area contributed by atoms with Gasteiger partial charge < -0.3 is 15.8 Å². The van der Waals surface area contributed by atoms with E-state index in [0.29, 0.717) is 24.3 Å². The van der Waals surface area contributed by atoms with Crippen molar-refractivity contribution in [3.8, 4) is 0 Å². The molecule has 5 heteroatoms. The molecule has 1 fully saturated rings. The van der Waals surface area contributed by atoms with Gasteiger partial charge in [-0.1, -0.05) is 6.42 Å². The van der Waals surface area contributed by atoms with Crippen molar-refractivity contribution in [2.45, 2.75) is 43.5 Å². The van der Waals surface area contributed by atoms with Crippen LogP contribution in [0, 0.1) is 0 Å². The van der Waals surface area contributed by atoms with Crippen LogP contribution in [0.4, 0.5) is 0 Å². The maximum absolute atomic E-state index is 11.7. The van der Waals surface area contributed by atoms with Crippen LogP contribution < -0.4 is 11.1 Å². The third kappa shape index (κ3) is 4.48. The predicted molar refractivity (Wildman–Crippen MR) is 72.2 cm³/mol. The minimum absolute atomic E-state index is 0.0502. The second-order valence-electron chi connectivity index (χ2n) is 4.53. The normalized spacial score (nSPS) is 19.5. The van der Waals surface area contributed by atoms with E-state index in [2.05, 4.69) is 11.6 Å². The van der Waals surface area contributed by atoms with Gasteiger partial charge in [-0.25, -0.2) is 0 Å². The monoisotopic (exact) mass is 260 g/mol. The van der Waals surface area contributed by atoms with Crippen LogP contribution in [0.3, 0.4) is 0 Å². The average molecular weight is 260 g/mol. The summed E-state index contributed by atoms with van der Waals surface area (Å²) in [5, 5.41) is 3.00. The predicted octanol–water partition coefficient (Wildman–Crippen LogP) is 1.14.